The molecule has 4 amide bonds. The smallest absolute Gasteiger partial charge is 0.369 e. The van der Waals surface area contributed by atoms with Gasteiger partial charge in [0.2, 0.25) is 10.1 Å². The molecule has 0 aliphatic heterocycles. The summed E-state index contributed by atoms with van der Waals surface area (Å²) in [7, 11) is 8.17. The van der Waals surface area contributed by atoms with Crippen molar-refractivity contribution in [3.05, 3.63) is 12.7 Å². The molecule has 0 aromatic heterocycles. The molecular formula is C20H34N6O11S4. The van der Waals surface area contributed by atoms with Gasteiger partial charge in [-0.1, -0.05) is 16.4 Å². The Bertz CT molecular complexity index is 967. The highest BCUT2D eigenvalue weighted by atomic mass is 32.2. The summed E-state index contributed by atoms with van der Waals surface area (Å²) in [6.45, 7) is 2.67. The Morgan fingerprint density at radius 3 is 1.44 bits per heavy atom. The number of carbonyl (C=O) groups excluding carboxylic acids is 4. The number of nitrogens with zero attached hydrogens (tertiary/aromatic N) is 6. The minimum atomic E-state index is -2.39. The monoisotopic (exact) mass is 662 g/mol. The zero-order chi connectivity index (χ0) is 31.7. The number of hydrogen-bond donors (Lipinski definition) is 0. The second kappa shape index (κ2) is 20.3. The number of amides is 4. The molecule has 0 heterocycles. The third-order valence-corrected chi connectivity index (χ3v) is 7.24. The maximum absolute atomic E-state index is 12.4. The average Bonchev–Trinajstić information content (AvgIpc) is 2.95. The van der Waals surface area contributed by atoms with Crippen LogP contribution in [-0.4, -0.2) is 142 Å². The third kappa shape index (κ3) is 14.3. The van der Waals surface area contributed by atoms with Crippen molar-refractivity contribution >= 4 is 80.1 Å². The lowest BCUT2D eigenvalue weighted by Crippen LogP contribution is -2.35. The van der Waals surface area contributed by atoms with Crippen LogP contribution in [0.15, 0.2) is 23.0 Å². The Labute approximate surface area is 252 Å². The molecule has 0 saturated heterocycles. The van der Waals surface area contributed by atoms with Crippen molar-refractivity contribution in [1.82, 2.24) is 18.4 Å². The molecule has 41 heavy (non-hydrogen) atoms. The van der Waals surface area contributed by atoms with E-state index in [1.807, 2.05) is 0 Å². The summed E-state index contributed by atoms with van der Waals surface area (Å²) in [4.78, 5) is 60.0. The van der Waals surface area contributed by atoms with Crippen LogP contribution in [0.25, 0.3) is 0 Å². The van der Waals surface area contributed by atoms with E-state index in [0.717, 1.165) is 37.6 Å². The Morgan fingerprint density at radius 1 is 0.780 bits per heavy atom. The van der Waals surface area contributed by atoms with Gasteiger partial charge < -0.3 is 14.5 Å². The Hall–Kier alpha value is -2.56. The second-order valence-corrected chi connectivity index (χ2v) is 11.6. The molecule has 0 rings (SSSR count). The van der Waals surface area contributed by atoms with Gasteiger partial charge in [0.05, 0.1) is 19.8 Å². The second-order valence-electron chi connectivity index (χ2n) is 7.56. The fraction of sp³-hybridized carbons (Fsp3) is 0.600. The van der Waals surface area contributed by atoms with Crippen LogP contribution in [0.4, 0.5) is 9.59 Å². The van der Waals surface area contributed by atoms with Gasteiger partial charge in [-0.15, -0.1) is 30.1 Å². The lowest BCUT2D eigenvalue weighted by molar-refractivity contribution is -0.122. The van der Waals surface area contributed by atoms with E-state index >= 15 is 0 Å². The van der Waals surface area contributed by atoms with Crippen LogP contribution in [0.5, 0.6) is 0 Å². The third-order valence-electron chi connectivity index (χ3n) is 4.10. The van der Waals surface area contributed by atoms with Crippen LogP contribution < -0.4 is 0 Å². The topological polar surface area (TPSA) is 186 Å². The van der Waals surface area contributed by atoms with Crippen molar-refractivity contribution in [2.75, 3.05) is 74.6 Å². The highest BCUT2D eigenvalue weighted by Gasteiger charge is 2.25. The quantitative estimate of drug-likeness (QED) is 0.0869. The van der Waals surface area contributed by atoms with Crippen LogP contribution >= 0.6 is 23.5 Å². The molecule has 2 unspecified atom stereocenters. The molecule has 17 nitrogen and oxygen atoms in total. The minimum absolute atomic E-state index is 0.00454. The Kier molecular flexibility index (Phi) is 19.1. The lowest BCUT2D eigenvalue weighted by atomic mass is 10.4. The molecule has 0 spiro atoms. The summed E-state index contributed by atoms with van der Waals surface area (Å²) in [5.74, 6) is -0.999. The molecule has 234 valence electrons. The molecular weight excluding hydrogens is 629 g/mol. The summed E-state index contributed by atoms with van der Waals surface area (Å²) in [6.07, 6.45) is 1.18. The fourth-order valence-corrected chi connectivity index (χ4v) is 3.98. The zero-order valence-corrected chi connectivity index (χ0v) is 27.1. The van der Waals surface area contributed by atoms with E-state index in [4.69, 9.17) is 13.1 Å². The van der Waals surface area contributed by atoms with Gasteiger partial charge in [-0.2, -0.15) is 0 Å². The highest BCUT2D eigenvalue weighted by Crippen LogP contribution is 2.08. The van der Waals surface area contributed by atoms with Gasteiger partial charge in [0, 0.05) is 42.3 Å². The van der Waals surface area contributed by atoms with E-state index in [2.05, 4.69) is 26.6 Å². The molecule has 0 aliphatic carbocycles. The van der Waals surface area contributed by atoms with E-state index in [0.29, 0.717) is 8.61 Å². The van der Waals surface area contributed by atoms with E-state index in [-0.39, 0.29) is 16.7 Å². The summed E-state index contributed by atoms with van der Waals surface area (Å²) in [6, 6.07) is 0. The molecule has 2 atom stereocenters. The minimum Gasteiger partial charge on any atom is -0.369 e. The van der Waals surface area contributed by atoms with Crippen molar-refractivity contribution in [3.63, 3.8) is 0 Å². The Morgan fingerprint density at radius 2 is 1.15 bits per heavy atom. The number of ether oxygens (including phenoxy) is 1. The number of oxime groups is 2. The Balaban J connectivity index is 5.07. The first-order chi connectivity index (χ1) is 19.2. The van der Waals surface area contributed by atoms with Crippen molar-refractivity contribution in [3.8, 4) is 0 Å². The maximum Gasteiger partial charge on any atom is 0.449 e. The largest absolute Gasteiger partial charge is 0.449 e. The first-order valence-corrected chi connectivity index (χ1v) is 15.6. The van der Waals surface area contributed by atoms with Crippen LogP contribution in [0, 0.1) is 0 Å². The first-order valence-electron chi connectivity index (χ1n) is 11.1. The van der Waals surface area contributed by atoms with Crippen molar-refractivity contribution in [2.24, 2.45) is 10.3 Å². The summed E-state index contributed by atoms with van der Waals surface area (Å²) in [5, 5.41) is 6.72. The predicted octanol–water partition coefficient (Wildman–Crippen LogP) is 0.414. The van der Waals surface area contributed by atoms with Crippen LogP contribution in [0.1, 0.15) is 0 Å². The lowest BCUT2D eigenvalue weighted by Gasteiger charge is -2.20. The molecule has 0 aromatic carbocycles. The maximum atomic E-state index is 12.4. The number of rotatable bonds is 13. The van der Waals surface area contributed by atoms with Gasteiger partial charge in [-0.3, -0.25) is 27.6 Å². The molecule has 0 fully saturated rings. The van der Waals surface area contributed by atoms with E-state index in [9.17, 15) is 27.6 Å². The average molecular weight is 663 g/mol. The number of thioether (sulfide) groups is 2. The normalized spacial score (nSPS) is 13.9. The SMILES string of the molecule is C=CCOC(COS(=O)N(C)C(=O)ON=C(SC)C(=O)N(C)C)COS(=O)N(C)C(=O)ON=C(SC)C(=O)N(C)C. The van der Waals surface area contributed by atoms with Crippen molar-refractivity contribution in [1.29, 1.82) is 0 Å². The van der Waals surface area contributed by atoms with Gasteiger partial charge in [-0.25, -0.2) is 26.6 Å². The highest BCUT2D eigenvalue weighted by molar-refractivity contribution is 8.15. The molecule has 0 saturated carbocycles. The van der Waals surface area contributed by atoms with Gasteiger partial charge in [0.25, 0.3) is 34.3 Å². The first kappa shape index (κ1) is 38.4. The standard InChI is InChI=1S/C20H34N6O11S4/c1-10-11-33-14(12-34-40(31)25(6)19(29)36-21-15(38-8)17(27)23(2)3)13-35-41(32)26(7)20(30)37-22-16(39-9)18(28)24(4)5/h10,14H,1,11-13H2,2-9H3. The van der Waals surface area contributed by atoms with Crippen LogP contribution in [0.3, 0.4) is 0 Å². The van der Waals surface area contributed by atoms with Crippen LogP contribution in [-0.2, 0) is 54.9 Å². The van der Waals surface area contributed by atoms with Gasteiger partial charge in [-0.05, 0) is 12.5 Å². The summed E-state index contributed by atoms with van der Waals surface area (Å²) < 4.78 is 41.6. The molecule has 0 aliphatic rings. The number of carbonyl (C=O) groups is 4. The summed E-state index contributed by atoms with van der Waals surface area (Å²) in [5.41, 5.74) is 0. The van der Waals surface area contributed by atoms with Crippen LogP contribution in [0.2, 0.25) is 0 Å². The zero-order valence-electron chi connectivity index (χ0n) is 23.8. The fourth-order valence-electron chi connectivity index (χ4n) is 1.88. The van der Waals surface area contributed by atoms with E-state index < -0.39 is 65.9 Å². The summed E-state index contributed by atoms with van der Waals surface area (Å²) >= 11 is -2.88. The molecule has 21 heteroatoms. The van der Waals surface area contributed by atoms with Gasteiger partial charge in [0.15, 0.2) is 0 Å². The molecule has 0 aromatic rings. The molecule has 0 bridgehead atoms. The van der Waals surface area contributed by atoms with E-state index in [1.165, 1.54) is 44.1 Å². The van der Waals surface area contributed by atoms with Crippen molar-refractivity contribution < 1.29 is 50.4 Å². The van der Waals surface area contributed by atoms with E-state index in [1.54, 1.807) is 12.5 Å². The van der Waals surface area contributed by atoms with Gasteiger partial charge in [0.1, 0.15) is 6.10 Å². The molecule has 0 radical (unpaired) electrons. The molecule has 0 N–H and O–H groups in total. The van der Waals surface area contributed by atoms with Crippen molar-refractivity contribution in [2.45, 2.75) is 6.10 Å². The number of hydrogen-bond acceptors (Lipinski definition) is 15. The predicted molar refractivity (Wildman–Crippen MR) is 156 cm³/mol. The van der Waals surface area contributed by atoms with Gasteiger partial charge >= 0.3 is 12.2 Å².